The molecular weight excluding hydrogens is 226 g/mol. The third-order valence-electron chi connectivity index (χ3n) is 2.79. The second kappa shape index (κ2) is 4.70. The van der Waals surface area contributed by atoms with E-state index in [2.05, 4.69) is 10.6 Å². The standard InChI is InChI=1S/C10H15N3O4/c1-6(14)11-4-8(15)12-3-7-5-13-9(16)2-10(13)17-7/h7,10H,2-5H2,1H3,(H,11,14)(H,12,15). The lowest BCUT2D eigenvalue weighted by Gasteiger charge is -2.31. The lowest BCUT2D eigenvalue weighted by atomic mass is 10.2. The summed E-state index contributed by atoms with van der Waals surface area (Å²) >= 11 is 0. The zero-order valence-electron chi connectivity index (χ0n) is 9.56. The number of rotatable bonds is 4. The maximum atomic E-state index is 11.3. The van der Waals surface area contributed by atoms with Crippen LogP contribution in [0, 0.1) is 0 Å². The van der Waals surface area contributed by atoms with Crippen molar-refractivity contribution in [3.8, 4) is 0 Å². The van der Waals surface area contributed by atoms with Crippen LogP contribution in [0.15, 0.2) is 0 Å². The molecule has 0 aromatic carbocycles. The molecule has 7 heteroatoms. The fourth-order valence-electron chi connectivity index (χ4n) is 1.86. The fraction of sp³-hybridized carbons (Fsp3) is 0.700. The van der Waals surface area contributed by atoms with Crippen molar-refractivity contribution in [1.29, 1.82) is 0 Å². The zero-order chi connectivity index (χ0) is 12.4. The highest BCUT2D eigenvalue weighted by atomic mass is 16.5. The molecule has 17 heavy (non-hydrogen) atoms. The van der Waals surface area contributed by atoms with E-state index >= 15 is 0 Å². The Morgan fingerprint density at radius 2 is 2.24 bits per heavy atom. The zero-order valence-corrected chi connectivity index (χ0v) is 9.56. The van der Waals surface area contributed by atoms with Crippen molar-refractivity contribution in [1.82, 2.24) is 15.5 Å². The highest BCUT2D eigenvalue weighted by molar-refractivity contribution is 5.84. The van der Waals surface area contributed by atoms with Crippen molar-refractivity contribution in [3.63, 3.8) is 0 Å². The van der Waals surface area contributed by atoms with Gasteiger partial charge >= 0.3 is 0 Å². The van der Waals surface area contributed by atoms with E-state index in [9.17, 15) is 14.4 Å². The average Bonchev–Trinajstić information content (AvgIpc) is 2.60. The van der Waals surface area contributed by atoms with Crippen LogP contribution in [0.25, 0.3) is 0 Å². The van der Waals surface area contributed by atoms with Crippen molar-refractivity contribution in [2.75, 3.05) is 19.6 Å². The van der Waals surface area contributed by atoms with Gasteiger partial charge in [-0.1, -0.05) is 0 Å². The molecule has 2 heterocycles. The Balaban J connectivity index is 1.64. The molecule has 0 radical (unpaired) electrons. The van der Waals surface area contributed by atoms with E-state index in [1.807, 2.05) is 0 Å². The van der Waals surface area contributed by atoms with E-state index in [1.165, 1.54) is 6.92 Å². The summed E-state index contributed by atoms with van der Waals surface area (Å²) in [6, 6.07) is 0. The number of hydrogen-bond donors (Lipinski definition) is 2. The number of ether oxygens (including phenoxy) is 1. The predicted octanol–water partition coefficient (Wildman–Crippen LogP) is -1.80. The molecule has 2 atom stereocenters. The molecule has 7 nitrogen and oxygen atoms in total. The number of nitrogens with one attached hydrogen (secondary N) is 2. The van der Waals surface area contributed by atoms with Crippen LogP contribution in [0.2, 0.25) is 0 Å². The van der Waals surface area contributed by atoms with Crippen LogP contribution in [-0.2, 0) is 19.1 Å². The Bertz CT molecular complexity index is 357. The molecule has 94 valence electrons. The maximum Gasteiger partial charge on any atom is 0.239 e. The summed E-state index contributed by atoms with van der Waals surface area (Å²) in [7, 11) is 0. The van der Waals surface area contributed by atoms with Crippen molar-refractivity contribution in [2.45, 2.75) is 25.7 Å². The lowest BCUT2D eigenvalue weighted by molar-refractivity contribution is -0.156. The van der Waals surface area contributed by atoms with Crippen LogP contribution in [0.1, 0.15) is 13.3 Å². The minimum absolute atomic E-state index is 0.0336. The minimum Gasteiger partial charge on any atom is -0.352 e. The largest absolute Gasteiger partial charge is 0.352 e. The number of β-lactam (4-membered cyclic amide) rings is 1. The third kappa shape index (κ3) is 2.73. The molecule has 0 aromatic rings. The van der Waals surface area contributed by atoms with Crippen LogP contribution in [-0.4, -0.2) is 54.6 Å². The summed E-state index contributed by atoms with van der Waals surface area (Å²) in [6.07, 6.45) is 0.198. The summed E-state index contributed by atoms with van der Waals surface area (Å²) < 4.78 is 5.51. The summed E-state index contributed by atoms with van der Waals surface area (Å²) in [5, 5.41) is 5.05. The van der Waals surface area contributed by atoms with Gasteiger partial charge in [0.2, 0.25) is 17.7 Å². The first-order chi connectivity index (χ1) is 8.06. The molecule has 2 rings (SSSR count). The molecule has 0 bridgehead atoms. The van der Waals surface area contributed by atoms with Crippen molar-refractivity contribution >= 4 is 17.7 Å². The van der Waals surface area contributed by atoms with Crippen molar-refractivity contribution in [2.24, 2.45) is 0 Å². The van der Waals surface area contributed by atoms with Crippen molar-refractivity contribution < 1.29 is 19.1 Å². The van der Waals surface area contributed by atoms with E-state index in [0.29, 0.717) is 19.5 Å². The van der Waals surface area contributed by atoms with Gasteiger partial charge in [0.05, 0.1) is 25.6 Å². The van der Waals surface area contributed by atoms with Gasteiger partial charge in [-0.15, -0.1) is 0 Å². The third-order valence-corrected chi connectivity index (χ3v) is 2.79. The second-order valence-electron chi connectivity index (χ2n) is 4.18. The highest BCUT2D eigenvalue weighted by Gasteiger charge is 2.44. The van der Waals surface area contributed by atoms with Gasteiger partial charge in [-0.25, -0.2) is 0 Å². The van der Waals surface area contributed by atoms with Crippen LogP contribution in [0.4, 0.5) is 0 Å². The maximum absolute atomic E-state index is 11.3. The van der Waals surface area contributed by atoms with Crippen LogP contribution in [0.5, 0.6) is 0 Å². The normalized spacial score (nSPS) is 26.2. The van der Waals surface area contributed by atoms with Crippen LogP contribution in [0.3, 0.4) is 0 Å². The van der Waals surface area contributed by atoms with Crippen molar-refractivity contribution in [3.05, 3.63) is 0 Å². The van der Waals surface area contributed by atoms with E-state index < -0.39 is 0 Å². The van der Waals surface area contributed by atoms with Gasteiger partial charge in [0.25, 0.3) is 0 Å². The van der Waals surface area contributed by atoms with Gasteiger partial charge < -0.3 is 20.3 Å². The smallest absolute Gasteiger partial charge is 0.239 e. The van der Waals surface area contributed by atoms with Crippen LogP contribution < -0.4 is 10.6 Å². The quantitative estimate of drug-likeness (QED) is 0.568. The molecule has 2 aliphatic rings. The number of carbonyl (C=O) groups is 3. The lowest BCUT2D eigenvalue weighted by Crippen LogP contribution is -2.48. The second-order valence-corrected chi connectivity index (χ2v) is 4.18. The molecule has 2 unspecified atom stereocenters. The topological polar surface area (TPSA) is 87.7 Å². The molecule has 2 N–H and O–H groups in total. The van der Waals surface area contributed by atoms with Crippen LogP contribution >= 0.6 is 0 Å². The summed E-state index contributed by atoms with van der Waals surface area (Å²) in [5.74, 6) is -0.404. The summed E-state index contributed by atoms with van der Waals surface area (Å²) in [5.41, 5.74) is 0. The van der Waals surface area contributed by atoms with E-state index in [4.69, 9.17) is 4.74 Å². The van der Waals surface area contributed by atoms with Gasteiger partial charge in [0.15, 0.2) is 0 Å². The van der Waals surface area contributed by atoms with Gasteiger partial charge in [-0.2, -0.15) is 0 Å². The van der Waals surface area contributed by atoms with Gasteiger partial charge in [0, 0.05) is 13.5 Å². The van der Waals surface area contributed by atoms with Gasteiger partial charge in [-0.3, -0.25) is 14.4 Å². The summed E-state index contributed by atoms with van der Waals surface area (Å²) in [4.78, 5) is 34.6. The fourth-order valence-corrected chi connectivity index (χ4v) is 1.86. The average molecular weight is 241 g/mol. The first-order valence-electron chi connectivity index (χ1n) is 5.52. The van der Waals surface area contributed by atoms with E-state index in [-0.39, 0.29) is 36.6 Å². The first kappa shape index (κ1) is 11.8. The van der Waals surface area contributed by atoms with E-state index in [0.717, 1.165) is 0 Å². The van der Waals surface area contributed by atoms with Gasteiger partial charge in [-0.05, 0) is 0 Å². The number of carbonyl (C=O) groups excluding carboxylic acids is 3. The number of amides is 3. The molecule has 0 spiro atoms. The number of nitrogens with zero attached hydrogens (tertiary/aromatic N) is 1. The molecule has 3 amide bonds. The monoisotopic (exact) mass is 241 g/mol. The minimum atomic E-state index is -0.260. The van der Waals surface area contributed by atoms with E-state index in [1.54, 1.807) is 4.90 Å². The molecular formula is C10H15N3O4. The molecule has 2 fully saturated rings. The molecule has 0 aliphatic carbocycles. The molecule has 0 saturated carbocycles. The number of hydrogen-bond acceptors (Lipinski definition) is 4. The SMILES string of the molecule is CC(=O)NCC(=O)NCC1CN2C(=O)CC2O1. The molecule has 2 aliphatic heterocycles. The molecule has 2 saturated heterocycles. The Morgan fingerprint density at radius 1 is 1.47 bits per heavy atom. The highest BCUT2D eigenvalue weighted by Crippen LogP contribution is 2.28. The Hall–Kier alpha value is -1.63. The summed E-state index contributed by atoms with van der Waals surface area (Å²) in [6.45, 7) is 2.21. The Kier molecular flexibility index (Phi) is 3.28. The predicted molar refractivity (Wildman–Crippen MR) is 56.7 cm³/mol. The first-order valence-corrected chi connectivity index (χ1v) is 5.52. The molecule has 0 aromatic heterocycles. The number of fused-ring (bicyclic) bond motifs is 1. The Labute approximate surface area is 98.5 Å². The Morgan fingerprint density at radius 3 is 2.82 bits per heavy atom. The van der Waals surface area contributed by atoms with Gasteiger partial charge in [0.1, 0.15) is 6.23 Å².